The number of aromatic amines is 1. The lowest BCUT2D eigenvalue weighted by atomic mass is 10.1. The van der Waals surface area contributed by atoms with Gasteiger partial charge < -0.3 is 4.74 Å². The van der Waals surface area contributed by atoms with Crippen LogP contribution in [0.1, 0.15) is 11.3 Å². The summed E-state index contributed by atoms with van der Waals surface area (Å²) in [6, 6.07) is 16.8. The summed E-state index contributed by atoms with van der Waals surface area (Å²) >= 11 is 0. The van der Waals surface area contributed by atoms with Gasteiger partial charge in [-0.2, -0.15) is 10.2 Å². The summed E-state index contributed by atoms with van der Waals surface area (Å²) in [5.41, 5.74) is 5.76. The third kappa shape index (κ3) is 3.81. The summed E-state index contributed by atoms with van der Waals surface area (Å²) < 4.78 is 6.83. The number of methoxy groups -OCH3 is 1. The Kier molecular flexibility index (Phi) is 5.33. The van der Waals surface area contributed by atoms with Crippen LogP contribution in [0.2, 0.25) is 0 Å². The number of aromatic nitrogens is 5. The first-order chi connectivity index (χ1) is 14.7. The number of aryl methyl sites for hydroxylation is 1. The minimum atomic E-state index is -0.203. The molecule has 0 fully saturated rings. The van der Waals surface area contributed by atoms with E-state index in [4.69, 9.17) is 4.74 Å². The molecule has 0 radical (unpaired) electrons. The predicted octanol–water partition coefficient (Wildman–Crippen LogP) is 2.78. The Morgan fingerprint density at radius 1 is 1.13 bits per heavy atom. The Morgan fingerprint density at radius 3 is 2.70 bits per heavy atom. The highest BCUT2D eigenvalue weighted by molar-refractivity contribution is 5.81. The zero-order valence-electron chi connectivity index (χ0n) is 16.4. The number of hydrogen-bond acceptors (Lipinski definition) is 7. The van der Waals surface area contributed by atoms with Crippen LogP contribution in [0.4, 0.5) is 5.95 Å². The quantitative estimate of drug-likeness (QED) is 0.380. The lowest BCUT2D eigenvalue weighted by Crippen LogP contribution is -2.17. The van der Waals surface area contributed by atoms with E-state index in [-0.39, 0.29) is 11.5 Å². The second-order valence-corrected chi connectivity index (χ2v) is 6.36. The van der Waals surface area contributed by atoms with Gasteiger partial charge in [0.2, 0.25) is 0 Å². The van der Waals surface area contributed by atoms with E-state index in [2.05, 4.69) is 30.8 Å². The monoisotopic (exact) mass is 401 g/mol. The lowest BCUT2D eigenvalue weighted by molar-refractivity contribution is 0.416. The van der Waals surface area contributed by atoms with Crippen LogP contribution < -0.4 is 15.7 Å². The van der Waals surface area contributed by atoms with Crippen LogP contribution >= 0.6 is 0 Å². The van der Waals surface area contributed by atoms with Gasteiger partial charge in [-0.25, -0.2) is 15.1 Å². The fourth-order valence-electron chi connectivity index (χ4n) is 2.96. The molecule has 0 aliphatic carbocycles. The van der Waals surface area contributed by atoms with Gasteiger partial charge >= 0.3 is 0 Å². The van der Waals surface area contributed by atoms with E-state index in [1.165, 1.54) is 10.9 Å². The highest BCUT2D eigenvalue weighted by Crippen LogP contribution is 2.27. The van der Waals surface area contributed by atoms with E-state index in [9.17, 15) is 4.79 Å². The number of hydrogen-bond donors (Lipinski definition) is 2. The molecule has 0 aliphatic heterocycles. The Hall–Kier alpha value is -4.27. The molecule has 0 spiro atoms. The summed E-state index contributed by atoms with van der Waals surface area (Å²) in [5.74, 6) is 0.878. The fraction of sp³-hybridized carbons (Fsp3) is 0.0952. The maximum atomic E-state index is 12.7. The number of nitrogens with one attached hydrogen (secondary N) is 2. The molecular weight excluding hydrogens is 382 g/mol. The first kappa shape index (κ1) is 19.1. The third-order valence-electron chi connectivity index (χ3n) is 4.43. The third-order valence-corrected chi connectivity index (χ3v) is 4.43. The van der Waals surface area contributed by atoms with Gasteiger partial charge in [-0.3, -0.25) is 9.89 Å². The van der Waals surface area contributed by atoms with Gasteiger partial charge in [0.15, 0.2) is 0 Å². The van der Waals surface area contributed by atoms with Crippen LogP contribution in [0.25, 0.3) is 16.9 Å². The second-order valence-electron chi connectivity index (χ2n) is 6.36. The van der Waals surface area contributed by atoms with Crippen molar-refractivity contribution in [1.82, 2.24) is 25.0 Å². The molecule has 150 valence electrons. The van der Waals surface area contributed by atoms with Crippen LogP contribution in [0.3, 0.4) is 0 Å². The molecule has 4 rings (SSSR count). The summed E-state index contributed by atoms with van der Waals surface area (Å²) in [6.07, 6.45) is 2.98. The van der Waals surface area contributed by atoms with Crippen molar-refractivity contribution in [2.45, 2.75) is 6.92 Å². The van der Waals surface area contributed by atoms with Crippen molar-refractivity contribution in [3.05, 3.63) is 82.4 Å². The van der Waals surface area contributed by atoms with Gasteiger partial charge in [-0.1, -0.05) is 30.3 Å². The van der Waals surface area contributed by atoms with Gasteiger partial charge in [-0.05, 0) is 31.2 Å². The topological polar surface area (TPSA) is 110 Å². The van der Waals surface area contributed by atoms with Gasteiger partial charge in [0.25, 0.3) is 11.5 Å². The fourth-order valence-corrected chi connectivity index (χ4v) is 2.96. The second kappa shape index (κ2) is 8.39. The maximum Gasteiger partial charge on any atom is 0.280 e. The number of benzene rings is 2. The van der Waals surface area contributed by atoms with E-state index >= 15 is 0 Å². The number of nitrogens with zero attached hydrogens (tertiary/aromatic N) is 5. The van der Waals surface area contributed by atoms with Crippen LogP contribution in [-0.2, 0) is 0 Å². The normalized spacial score (nSPS) is 11.0. The summed E-state index contributed by atoms with van der Waals surface area (Å²) in [7, 11) is 1.60. The lowest BCUT2D eigenvalue weighted by Gasteiger charge is -2.07. The maximum absolute atomic E-state index is 12.7. The molecule has 0 aliphatic rings. The van der Waals surface area contributed by atoms with Crippen LogP contribution in [-0.4, -0.2) is 38.3 Å². The Labute approximate surface area is 172 Å². The number of H-pyrrole nitrogens is 1. The predicted molar refractivity (Wildman–Crippen MR) is 114 cm³/mol. The summed E-state index contributed by atoms with van der Waals surface area (Å²) in [6.45, 7) is 1.81. The van der Waals surface area contributed by atoms with Crippen molar-refractivity contribution in [3.8, 4) is 22.7 Å². The average molecular weight is 401 g/mol. The van der Waals surface area contributed by atoms with Crippen LogP contribution in [0.15, 0.2) is 70.7 Å². The average Bonchev–Trinajstić information content (AvgIpc) is 3.08. The Morgan fingerprint density at radius 2 is 1.90 bits per heavy atom. The Bertz CT molecular complexity index is 1250. The molecule has 2 N–H and O–H groups in total. The van der Waals surface area contributed by atoms with E-state index in [1.807, 2.05) is 61.5 Å². The molecule has 0 bridgehead atoms. The van der Waals surface area contributed by atoms with Crippen molar-refractivity contribution in [1.29, 1.82) is 0 Å². The van der Waals surface area contributed by atoms with Gasteiger partial charge in [-0.15, -0.1) is 5.10 Å². The zero-order valence-corrected chi connectivity index (χ0v) is 16.4. The van der Waals surface area contributed by atoms with Crippen molar-refractivity contribution >= 4 is 12.2 Å². The van der Waals surface area contributed by atoms with Crippen molar-refractivity contribution in [2.75, 3.05) is 12.5 Å². The molecule has 2 aromatic heterocycles. The molecule has 2 heterocycles. The minimum Gasteiger partial charge on any atom is -0.496 e. The van der Waals surface area contributed by atoms with Gasteiger partial charge in [0.1, 0.15) is 5.75 Å². The molecule has 30 heavy (non-hydrogen) atoms. The van der Waals surface area contributed by atoms with Crippen LogP contribution in [0, 0.1) is 6.92 Å². The Balaban J connectivity index is 1.56. The first-order valence-electron chi connectivity index (χ1n) is 9.16. The van der Waals surface area contributed by atoms with E-state index < -0.39 is 0 Å². The van der Waals surface area contributed by atoms with E-state index in [0.717, 1.165) is 11.3 Å². The first-order valence-corrected chi connectivity index (χ1v) is 9.16. The highest BCUT2D eigenvalue weighted by Gasteiger charge is 2.11. The minimum absolute atomic E-state index is 0.200. The number of hydrazone groups is 1. The number of rotatable bonds is 6. The molecule has 0 unspecified atom stereocenters. The largest absolute Gasteiger partial charge is 0.496 e. The molecule has 0 atom stereocenters. The number of anilines is 1. The van der Waals surface area contributed by atoms with Gasteiger partial charge in [0.05, 0.1) is 36.5 Å². The molecule has 2 aromatic carbocycles. The SMILES string of the molecule is COc1ccccc1-c1cnnc(N/N=C/c2c(C)[nH]n(-c3ccccc3)c2=O)n1. The van der Waals surface area contributed by atoms with Crippen molar-refractivity contribution < 1.29 is 4.74 Å². The molecule has 4 aromatic rings. The standard InChI is InChI=1S/C21H19N7O2/c1-14-17(20(29)28(27-14)15-8-4-3-5-9-15)12-22-25-21-24-18(13-23-26-21)16-10-6-7-11-19(16)30-2/h3-13,27H,1-2H3,(H,24,25,26)/b22-12+. The molecule has 9 nitrogen and oxygen atoms in total. The smallest absolute Gasteiger partial charge is 0.280 e. The number of para-hydroxylation sites is 2. The molecule has 0 amide bonds. The van der Waals surface area contributed by atoms with E-state index in [0.29, 0.717) is 22.7 Å². The number of ether oxygens (including phenoxy) is 1. The highest BCUT2D eigenvalue weighted by atomic mass is 16.5. The zero-order chi connectivity index (χ0) is 20.9. The van der Waals surface area contributed by atoms with Crippen molar-refractivity contribution in [3.63, 3.8) is 0 Å². The van der Waals surface area contributed by atoms with Crippen molar-refractivity contribution in [2.24, 2.45) is 5.10 Å². The molecule has 0 saturated carbocycles. The molecule has 9 heteroatoms. The molecular formula is C21H19N7O2. The summed E-state index contributed by atoms with van der Waals surface area (Å²) in [4.78, 5) is 17.1. The van der Waals surface area contributed by atoms with Gasteiger partial charge in [0, 0.05) is 11.3 Å². The van der Waals surface area contributed by atoms with E-state index in [1.54, 1.807) is 13.3 Å². The summed E-state index contributed by atoms with van der Waals surface area (Å²) in [5, 5.41) is 15.1. The molecule has 0 saturated heterocycles. The van der Waals surface area contributed by atoms with Crippen LogP contribution in [0.5, 0.6) is 5.75 Å².